The second-order valence-electron chi connectivity index (χ2n) is 0.981. The Balaban J connectivity index is 2.67. The Morgan fingerprint density at radius 3 is 3.12 bits per heavy atom. The molecule has 1 aromatic rings. The van der Waals surface area contributed by atoms with E-state index in [0.29, 0.717) is 0 Å². The van der Waals surface area contributed by atoms with Crippen LogP contribution in [-0.2, 0) is 0 Å². The Bertz CT molecular complexity index is 186. The molecule has 0 atom stereocenters. The highest BCUT2D eigenvalue weighted by Crippen LogP contribution is 1.69. The molecule has 5 nitrogen and oxygen atoms in total. The molecular formula is C3H2N4O. The zero-order valence-corrected chi connectivity index (χ0v) is 3.85. The Kier molecular flexibility index (Phi) is 1.11. The van der Waals surface area contributed by atoms with Crippen LogP contribution < -0.4 is 4.84 Å². The van der Waals surface area contributed by atoms with Gasteiger partial charge in [-0.2, -0.15) is 0 Å². The van der Waals surface area contributed by atoms with Crippen molar-refractivity contribution in [1.82, 2.24) is 14.9 Å². The third-order valence-electron chi connectivity index (χ3n) is 0.532. The minimum Gasteiger partial charge on any atom is -0.275 e. The number of aromatic nitrogens is 3. The van der Waals surface area contributed by atoms with Crippen molar-refractivity contribution in [1.29, 1.82) is 5.26 Å². The van der Waals surface area contributed by atoms with Gasteiger partial charge in [-0.05, 0) is 0 Å². The van der Waals surface area contributed by atoms with Gasteiger partial charge >= 0.3 is 6.26 Å². The van der Waals surface area contributed by atoms with Crippen LogP contribution in [0, 0.1) is 11.5 Å². The Hall–Kier alpha value is -1.57. The summed E-state index contributed by atoms with van der Waals surface area (Å²) in [6.07, 6.45) is 3.99. The lowest BCUT2D eigenvalue weighted by atomic mass is 11.3. The van der Waals surface area contributed by atoms with E-state index in [1.807, 2.05) is 0 Å². The van der Waals surface area contributed by atoms with Gasteiger partial charge in [-0.15, -0.1) is 10.4 Å². The molecule has 1 aromatic heterocycles. The highest BCUT2D eigenvalue weighted by atomic mass is 16.7. The monoisotopic (exact) mass is 110 g/mol. The fourth-order valence-electron chi connectivity index (χ4n) is 0.286. The molecule has 0 spiro atoms. The summed E-state index contributed by atoms with van der Waals surface area (Å²) < 4.78 is 0. The summed E-state index contributed by atoms with van der Waals surface area (Å²) in [4.78, 5) is 8.67. The number of rotatable bonds is 1. The van der Waals surface area contributed by atoms with Gasteiger partial charge in [0, 0.05) is 0 Å². The van der Waals surface area contributed by atoms with Crippen molar-refractivity contribution >= 4 is 0 Å². The van der Waals surface area contributed by atoms with Crippen molar-refractivity contribution in [3.63, 3.8) is 0 Å². The van der Waals surface area contributed by atoms with E-state index in [9.17, 15) is 0 Å². The summed E-state index contributed by atoms with van der Waals surface area (Å²) in [7, 11) is 0. The summed E-state index contributed by atoms with van der Waals surface area (Å²) in [6, 6.07) is 0. The van der Waals surface area contributed by atoms with E-state index in [0.717, 1.165) is 4.85 Å². The molecule has 0 aliphatic carbocycles. The van der Waals surface area contributed by atoms with Crippen LogP contribution >= 0.6 is 0 Å². The molecule has 1 heterocycles. The number of hydrogen-bond acceptors (Lipinski definition) is 4. The third-order valence-corrected chi connectivity index (χ3v) is 0.532. The molecule has 1 rings (SSSR count). The first kappa shape index (κ1) is 4.59. The van der Waals surface area contributed by atoms with Crippen molar-refractivity contribution in [3.05, 3.63) is 12.7 Å². The lowest BCUT2D eigenvalue weighted by molar-refractivity contribution is 0.192. The molecule has 0 radical (unpaired) electrons. The van der Waals surface area contributed by atoms with Crippen molar-refractivity contribution in [2.75, 3.05) is 0 Å². The molecule has 0 aliphatic rings. The lowest BCUT2D eigenvalue weighted by Gasteiger charge is -1.84. The van der Waals surface area contributed by atoms with Gasteiger partial charge in [-0.1, -0.05) is 4.85 Å². The average molecular weight is 110 g/mol. The zero-order chi connectivity index (χ0) is 5.82. The van der Waals surface area contributed by atoms with Crippen LogP contribution in [-0.4, -0.2) is 14.9 Å². The summed E-state index contributed by atoms with van der Waals surface area (Å²) in [5, 5.41) is 11.3. The molecule has 0 aliphatic heterocycles. The SMILES string of the molecule is N#COn1cncn1. The summed E-state index contributed by atoms with van der Waals surface area (Å²) in [6.45, 7) is 0. The number of hydrogen-bond donors (Lipinski definition) is 0. The topological polar surface area (TPSA) is 63.7 Å². The van der Waals surface area contributed by atoms with Gasteiger partial charge in [0.15, 0.2) is 6.33 Å². The van der Waals surface area contributed by atoms with E-state index in [1.54, 1.807) is 0 Å². The van der Waals surface area contributed by atoms with Gasteiger partial charge in [0.05, 0.1) is 0 Å². The van der Waals surface area contributed by atoms with Crippen molar-refractivity contribution in [2.45, 2.75) is 0 Å². The maximum absolute atomic E-state index is 7.88. The van der Waals surface area contributed by atoms with Gasteiger partial charge in [0.1, 0.15) is 6.33 Å². The lowest BCUT2D eigenvalue weighted by Crippen LogP contribution is -2.04. The molecule has 0 aromatic carbocycles. The summed E-state index contributed by atoms with van der Waals surface area (Å²) in [5.41, 5.74) is 0. The van der Waals surface area contributed by atoms with E-state index in [2.05, 4.69) is 14.9 Å². The predicted molar refractivity (Wildman–Crippen MR) is 22.2 cm³/mol. The van der Waals surface area contributed by atoms with Gasteiger partial charge < -0.3 is 0 Å². The second kappa shape index (κ2) is 1.93. The Morgan fingerprint density at radius 2 is 2.62 bits per heavy atom. The van der Waals surface area contributed by atoms with E-state index in [4.69, 9.17) is 5.26 Å². The highest BCUT2D eigenvalue weighted by Gasteiger charge is 1.83. The van der Waals surface area contributed by atoms with Gasteiger partial charge in [0.2, 0.25) is 0 Å². The zero-order valence-electron chi connectivity index (χ0n) is 3.85. The molecule has 0 N–H and O–H groups in total. The van der Waals surface area contributed by atoms with E-state index in [1.165, 1.54) is 18.9 Å². The maximum Gasteiger partial charge on any atom is 0.316 e. The number of nitriles is 1. The van der Waals surface area contributed by atoms with Crippen LogP contribution in [0.1, 0.15) is 0 Å². The van der Waals surface area contributed by atoms with E-state index < -0.39 is 0 Å². The van der Waals surface area contributed by atoms with Gasteiger partial charge in [-0.25, -0.2) is 4.98 Å². The highest BCUT2D eigenvalue weighted by molar-refractivity contribution is 4.53. The summed E-state index contributed by atoms with van der Waals surface area (Å²) >= 11 is 0. The fourth-order valence-corrected chi connectivity index (χ4v) is 0.286. The van der Waals surface area contributed by atoms with Crippen LogP contribution in [0.25, 0.3) is 0 Å². The average Bonchev–Trinajstić information content (AvgIpc) is 2.19. The van der Waals surface area contributed by atoms with Crippen LogP contribution in [0.3, 0.4) is 0 Å². The molecule has 0 unspecified atom stereocenters. The van der Waals surface area contributed by atoms with Crippen LogP contribution in [0.15, 0.2) is 12.7 Å². The minimum absolute atomic E-state index is 0.958. The molecule has 5 heteroatoms. The molecule has 40 valence electrons. The Morgan fingerprint density at radius 1 is 1.75 bits per heavy atom. The maximum atomic E-state index is 7.88. The van der Waals surface area contributed by atoms with Crippen molar-refractivity contribution in [2.24, 2.45) is 0 Å². The van der Waals surface area contributed by atoms with E-state index in [-0.39, 0.29) is 0 Å². The standard InChI is InChI=1S/C3H2N4O/c4-1-8-7-3-5-2-6-7/h2-3H. The predicted octanol–water partition coefficient (Wildman–Crippen LogP) is -0.812. The first-order valence-corrected chi connectivity index (χ1v) is 1.84. The van der Waals surface area contributed by atoms with E-state index >= 15 is 0 Å². The molecular weight excluding hydrogens is 108 g/mol. The third kappa shape index (κ3) is 0.733. The molecule has 0 fully saturated rings. The van der Waals surface area contributed by atoms with Crippen molar-refractivity contribution in [3.8, 4) is 6.26 Å². The minimum atomic E-state index is 0.958. The van der Waals surface area contributed by atoms with Crippen LogP contribution in [0.4, 0.5) is 0 Å². The largest absolute Gasteiger partial charge is 0.316 e. The molecule has 0 saturated carbocycles. The van der Waals surface area contributed by atoms with Crippen LogP contribution in [0.5, 0.6) is 0 Å². The fraction of sp³-hybridized carbons (Fsp3) is 0. The van der Waals surface area contributed by atoms with Gasteiger partial charge in [0.25, 0.3) is 0 Å². The molecule has 0 bridgehead atoms. The summed E-state index contributed by atoms with van der Waals surface area (Å²) in [5.74, 6) is 0. The molecule has 8 heavy (non-hydrogen) atoms. The van der Waals surface area contributed by atoms with Crippen molar-refractivity contribution < 1.29 is 4.84 Å². The first-order chi connectivity index (χ1) is 3.93. The normalized spacial score (nSPS) is 7.88. The first-order valence-electron chi connectivity index (χ1n) is 1.84. The smallest absolute Gasteiger partial charge is 0.275 e. The number of nitrogens with zero attached hydrogens (tertiary/aromatic N) is 4. The quantitative estimate of drug-likeness (QED) is 0.443. The van der Waals surface area contributed by atoms with Crippen LogP contribution in [0.2, 0.25) is 0 Å². The molecule has 0 amide bonds. The Labute approximate surface area is 45.1 Å². The molecule has 0 saturated heterocycles. The van der Waals surface area contributed by atoms with Gasteiger partial charge in [-0.3, -0.25) is 4.84 Å². The second-order valence-corrected chi connectivity index (χ2v) is 0.981.